The van der Waals surface area contributed by atoms with E-state index >= 15 is 0 Å². The van der Waals surface area contributed by atoms with Gasteiger partial charge < -0.3 is 10.2 Å². The average molecular weight is 471 g/mol. The first-order valence-electron chi connectivity index (χ1n) is 12.5. The summed E-state index contributed by atoms with van der Waals surface area (Å²) in [6, 6.07) is 23.6. The van der Waals surface area contributed by atoms with E-state index in [9.17, 15) is 9.59 Å². The SMILES string of the molecule is Cc1cc(C)cc(CC(=O)N(Cc2ccccc2C)[C@@H](Cc2ccccc2)C(=O)NCC(C)C)c1. The average Bonchev–Trinajstić information content (AvgIpc) is 2.80. The minimum absolute atomic E-state index is 0.0427. The van der Waals surface area contributed by atoms with Crippen LogP contribution < -0.4 is 5.32 Å². The molecule has 4 nitrogen and oxygen atoms in total. The minimum atomic E-state index is -0.603. The molecule has 3 rings (SSSR count). The molecule has 35 heavy (non-hydrogen) atoms. The number of carbonyl (C=O) groups excluding carboxylic acids is 2. The number of benzene rings is 3. The highest BCUT2D eigenvalue weighted by Gasteiger charge is 2.30. The quantitative estimate of drug-likeness (QED) is 0.421. The molecule has 0 radical (unpaired) electrons. The van der Waals surface area contributed by atoms with Crippen LogP contribution in [0, 0.1) is 26.7 Å². The predicted octanol–water partition coefficient (Wildman–Crippen LogP) is 5.57. The maximum atomic E-state index is 13.9. The third kappa shape index (κ3) is 7.81. The van der Waals surface area contributed by atoms with Crippen LogP contribution in [-0.2, 0) is 29.0 Å². The molecule has 3 aromatic rings. The standard InChI is InChI=1S/C31H38N2O2/c1-22(2)20-32-31(35)29(18-26-12-7-6-8-13-26)33(21-28-14-10-9-11-25(28)5)30(34)19-27-16-23(3)15-24(4)17-27/h6-17,22,29H,18-21H2,1-5H3,(H,32,35)/t29-/m0/s1. The first-order chi connectivity index (χ1) is 16.7. The van der Waals surface area contributed by atoms with E-state index in [1.54, 1.807) is 4.90 Å². The lowest BCUT2D eigenvalue weighted by Crippen LogP contribution is -2.51. The Labute approximate surface area is 210 Å². The van der Waals surface area contributed by atoms with E-state index in [2.05, 4.69) is 37.4 Å². The Morgan fingerprint density at radius 1 is 0.829 bits per heavy atom. The molecule has 0 bridgehead atoms. The van der Waals surface area contributed by atoms with Gasteiger partial charge in [-0.05, 0) is 48.9 Å². The summed E-state index contributed by atoms with van der Waals surface area (Å²) in [7, 11) is 0. The Morgan fingerprint density at radius 2 is 1.46 bits per heavy atom. The van der Waals surface area contributed by atoms with Crippen molar-refractivity contribution in [3.63, 3.8) is 0 Å². The Kier molecular flexibility index (Phi) is 9.25. The van der Waals surface area contributed by atoms with Crippen LogP contribution in [0.4, 0.5) is 0 Å². The Morgan fingerprint density at radius 3 is 2.09 bits per heavy atom. The highest BCUT2D eigenvalue weighted by atomic mass is 16.2. The molecular weight excluding hydrogens is 432 g/mol. The van der Waals surface area contributed by atoms with Gasteiger partial charge in [0, 0.05) is 19.5 Å². The molecular formula is C31H38N2O2. The zero-order chi connectivity index (χ0) is 25.4. The van der Waals surface area contributed by atoms with E-state index in [4.69, 9.17) is 0 Å². The van der Waals surface area contributed by atoms with Crippen LogP contribution in [0.3, 0.4) is 0 Å². The van der Waals surface area contributed by atoms with E-state index in [0.29, 0.717) is 25.4 Å². The van der Waals surface area contributed by atoms with Gasteiger partial charge >= 0.3 is 0 Å². The molecule has 0 saturated carbocycles. The first kappa shape index (κ1) is 26.2. The molecule has 0 unspecified atom stereocenters. The molecule has 0 aliphatic heterocycles. The zero-order valence-electron chi connectivity index (χ0n) is 21.7. The van der Waals surface area contributed by atoms with Crippen molar-refractivity contribution in [2.24, 2.45) is 5.92 Å². The fraction of sp³-hybridized carbons (Fsp3) is 0.355. The van der Waals surface area contributed by atoms with Gasteiger partial charge in [0.15, 0.2) is 0 Å². The molecule has 0 aliphatic carbocycles. The topological polar surface area (TPSA) is 49.4 Å². The Balaban J connectivity index is 1.98. The summed E-state index contributed by atoms with van der Waals surface area (Å²) >= 11 is 0. The molecule has 184 valence electrons. The molecule has 0 spiro atoms. The fourth-order valence-corrected chi connectivity index (χ4v) is 4.39. The predicted molar refractivity (Wildman–Crippen MR) is 143 cm³/mol. The molecule has 1 atom stereocenters. The largest absolute Gasteiger partial charge is 0.354 e. The molecule has 4 heteroatoms. The molecule has 0 aliphatic rings. The van der Waals surface area contributed by atoms with Crippen LogP contribution in [0.2, 0.25) is 0 Å². The number of nitrogens with zero attached hydrogens (tertiary/aromatic N) is 1. The summed E-state index contributed by atoms with van der Waals surface area (Å²) in [6.45, 7) is 11.3. The number of hydrogen-bond acceptors (Lipinski definition) is 2. The normalized spacial score (nSPS) is 11.8. The maximum Gasteiger partial charge on any atom is 0.243 e. The molecule has 3 aromatic carbocycles. The van der Waals surface area contributed by atoms with Crippen molar-refractivity contribution in [3.8, 4) is 0 Å². The van der Waals surface area contributed by atoms with Crippen LogP contribution in [0.25, 0.3) is 0 Å². The molecule has 0 saturated heterocycles. The molecule has 2 amide bonds. The van der Waals surface area contributed by atoms with Crippen LogP contribution in [-0.4, -0.2) is 29.3 Å². The summed E-state index contributed by atoms with van der Waals surface area (Å²) < 4.78 is 0. The van der Waals surface area contributed by atoms with Gasteiger partial charge in [0.2, 0.25) is 11.8 Å². The highest BCUT2D eigenvalue weighted by molar-refractivity contribution is 5.88. The fourth-order valence-electron chi connectivity index (χ4n) is 4.39. The minimum Gasteiger partial charge on any atom is -0.354 e. The second-order valence-electron chi connectivity index (χ2n) is 9.97. The summed E-state index contributed by atoms with van der Waals surface area (Å²) in [5, 5.41) is 3.09. The number of amides is 2. The number of hydrogen-bond donors (Lipinski definition) is 1. The van der Waals surface area contributed by atoms with Gasteiger partial charge in [0.25, 0.3) is 0 Å². The van der Waals surface area contributed by atoms with E-state index in [-0.39, 0.29) is 18.2 Å². The van der Waals surface area contributed by atoms with Gasteiger partial charge in [-0.3, -0.25) is 9.59 Å². The lowest BCUT2D eigenvalue weighted by Gasteiger charge is -2.32. The zero-order valence-corrected chi connectivity index (χ0v) is 21.7. The van der Waals surface area contributed by atoms with E-state index in [1.165, 1.54) is 0 Å². The second kappa shape index (κ2) is 12.3. The van der Waals surface area contributed by atoms with Gasteiger partial charge in [-0.1, -0.05) is 97.8 Å². The van der Waals surface area contributed by atoms with Crippen LogP contribution >= 0.6 is 0 Å². The van der Waals surface area contributed by atoms with Crippen LogP contribution in [0.1, 0.15) is 47.2 Å². The van der Waals surface area contributed by atoms with E-state index < -0.39 is 6.04 Å². The summed E-state index contributed by atoms with van der Waals surface area (Å²) in [5.74, 6) is 0.177. The van der Waals surface area contributed by atoms with Crippen LogP contribution in [0.5, 0.6) is 0 Å². The summed E-state index contributed by atoms with van der Waals surface area (Å²) in [5.41, 5.74) is 6.44. The van der Waals surface area contributed by atoms with Crippen molar-refractivity contribution in [3.05, 3.63) is 106 Å². The van der Waals surface area contributed by atoms with Gasteiger partial charge in [0.1, 0.15) is 6.04 Å². The molecule has 0 heterocycles. The molecule has 0 fully saturated rings. The van der Waals surface area contributed by atoms with E-state index in [0.717, 1.165) is 33.4 Å². The summed E-state index contributed by atoms with van der Waals surface area (Å²) in [6.07, 6.45) is 0.729. The number of carbonyl (C=O) groups is 2. The van der Waals surface area contributed by atoms with Gasteiger partial charge in [-0.2, -0.15) is 0 Å². The Hall–Kier alpha value is -3.40. The Bertz CT molecular complexity index is 1120. The van der Waals surface area contributed by atoms with Crippen molar-refractivity contribution in [2.75, 3.05) is 6.54 Å². The number of aryl methyl sites for hydroxylation is 3. The lowest BCUT2D eigenvalue weighted by molar-refractivity contribution is -0.140. The van der Waals surface area contributed by atoms with Crippen LogP contribution in [0.15, 0.2) is 72.8 Å². The summed E-state index contributed by atoms with van der Waals surface area (Å²) in [4.78, 5) is 29.2. The van der Waals surface area contributed by atoms with Gasteiger partial charge in [-0.15, -0.1) is 0 Å². The first-order valence-corrected chi connectivity index (χ1v) is 12.5. The van der Waals surface area contributed by atoms with Crippen molar-refractivity contribution in [2.45, 2.75) is 60.0 Å². The monoisotopic (exact) mass is 470 g/mol. The molecule has 1 N–H and O–H groups in total. The van der Waals surface area contributed by atoms with Gasteiger partial charge in [-0.25, -0.2) is 0 Å². The molecule has 0 aromatic heterocycles. The van der Waals surface area contributed by atoms with E-state index in [1.807, 2.05) is 75.4 Å². The number of nitrogens with one attached hydrogen (secondary N) is 1. The van der Waals surface area contributed by atoms with Crippen molar-refractivity contribution < 1.29 is 9.59 Å². The third-order valence-electron chi connectivity index (χ3n) is 6.19. The lowest BCUT2D eigenvalue weighted by atomic mass is 9.99. The van der Waals surface area contributed by atoms with Crippen molar-refractivity contribution in [1.82, 2.24) is 10.2 Å². The highest BCUT2D eigenvalue weighted by Crippen LogP contribution is 2.19. The van der Waals surface area contributed by atoms with Gasteiger partial charge in [0.05, 0.1) is 6.42 Å². The van der Waals surface area contributed by atoms with Crippen molar-refractivity contribution in [1.29, 1.82) is 0 Å². The number of rotatable bonds is 10. The maximum absolute atomic E-state index is 13.9. The smallest absolute Gasteiger partial charge is 0.243 e. The third-order valence-corrected chi connectivity index (χ3v) is 6.19. The van der Waals surface area contributed by atoms with Crippen molar-refractivity contribution >= 4 is 11.8 Å². The second-order valence-corrected chi connectivity index (χ2v) is 9.97.